The Morgan fingerprint density at radius 2 is 1.73 bits per heavy atom. The summed E-state index contributed by atoms with van der Waals surface area (Å²) < 4.78 is 25.6. The molecule has 1 fully saturated rings. The van der Waals surface area contributed by atoms with Crippen LogP contribution in [-0.2, 0) is 27.5 Å². The summed E-state index contributed by atoms with van der Waals surface area (Å²) in [5, 5.41) is 9.22. The van der Waals surface area contributed by atoms with Gasteiger partial charge in [-0.2, -0.15) is 0 Å². The van der Waals surface area contributed by atoms with E-state index in [1.54, 1.807) is 12.1 Å². The molecule has 2 atom stereocenters. The lowest BCUT2D eigenvalue weighted by atomic mass is 9.92. The third-order valence-corrected chi connectivity index (χ3v) is 6.65. The number of amides is 1. The Labute approximate surface area is 194 Å². The van der Waals surface area contributed by atoms with Crippen LogP contribution in [0, 0.1) is 5.82 Å². The number of aliphatic hydroxyl groups is 1. The predicted octanol–water partition coefficient (Wildman–Crippen LogP) is 5.04. The van der Waals surface area contributed by atoms with Crippen LogP contribution in [0.4, 0.5) is 4.39 Å². The molecular weight excluding hydrogens is 421 g/mol. The first kappa shape index (κ1) is 23.5. The van der Waals surface area contributed by atoms with Crippen molar-refractivity contribution in [3.05, 3.63) is 82.9 Å². The Morgan fingerprint density at radius 1 is 1.06 bits per heavy atom. The number of hydrogen-bond acceptors (Lipinski definition) is 4. The molecular formula is C27H32FNO4. The number of likely N-dealkylation sites (N-methyl/N-ethyl adjacent to an activating group) is 1. The van der Waals surface area contributed by atoms with Crippen LogP contribution < -0.4 is 0 Å². The molecule has 1 saturated carbocycles. The summed E-state index contributed by atoms with van der Waals surface area (Å²) in [5.41, 5.74) is 2.72. The highest BCUT2D eigenvalue weighted by atomic mass is 19.1. The van der Waals surface area contributed by atoms with Gasteiger partial charge in [0.15, 0.2) is 5.76 Å². The zero-order chi connectivity index (χ0) is 23.2. The second-order valence-electron chi connectivity index (χ2n) is 8.97. The zero-order valence-corrected chi connectivity index (χ0v) is 19.1. The van der Waals surface area contributed by atoms with Crippen molar-refractivity contribution in [2.24, 2.45) is 0 Å². The lowest BCUT2D eigenvalue weighted by molar-refractivity contribution is -0.156. The third kappa shape index (κ3) is 6.01. The van der Waals surface area contributed by atoms with Gasteiger partial charge in [-0.15, -0.1) is 0 Å². The van der Waals surface area contributed by atoms with Gasteiger partial charge in [0.2, 0.25) is 6.29 Å². The van der Waals surface area contributed by atoms with Crippen LogP contribution in [0.25, 0.3) is 0 Å². The van der Waals surface area contributed by atoms with E-state index in [0.29, 0.717) is 18.8 Å². The van der Waals surface area contributed by atoms with Gasteiger partial charge in [0, 0.05) is 25.4 Å². The fourth-order valence-electron chi connectivity index (χ4n) is 4.59. The maximum Gasteiger partial charge on any atom is 0.288 e. The fourth-order valence-corrected chi connectivity index (χ4v) is 4.59. The number of halogens is 1. The van der Waals surface area contributed by atoms with Gasteiger partial charge in [-0.3, -0.25) is 4.79 Å². The van der Waals surface area contributed by atoms with Crippen molar-refractivity contribution in [1.29, 1.82) is 0 Å². The summed E-state index contributed by atoms with van der Waals surface area (Å²) in [7, 11) is 1.85. The van der Waals surface area contributed by atoms with E-state index < -0.39 is 6.29 Å². The standard InChI is InChI=1S/C27H32FNO4/c1-29(24-5-3-2-4-6-24)27(31)25-15-22(21-11-13-23(28)14-12-21)16-26(33-25)32-18-20-9-7-19(17-30)8-10-20/h7-15,22,24,26,30H,2-6,16-18H2,1H3/t22-,26+/m1/s1. The second-order valence-corrected chi connectivity index (χ2v) is 8.97. The van der Waals surface area contributed by atoms with E-state index >= 15 is 0 Å². The number of nitrogens with zero attached hydrogens (tertiary/aromatic N) is 1. The smallest absolute Gasteiger partial charge is 0.288 e. The lowest BCUT2D eigenvalue weighted by Gasteiger charge is -2.34. The average molecular weight is 454 g/mol. The molecule has 0 aromatic heterocycles. The van der Waals surface area contributed by atoms with Gasteiger partial charge < -0.3 is 19.5 Å². The number of carbonyl (C=O) groups excluding carboxylic acids is 1. The van der Waals surface area contributed by atoms with Crippen LogP contribution >= 0.6 is 0 Å². The molecule has 0 bridgehead atoms. The van der Waals surface area contributed by atoms with E-state index in [-0.39, 0.29) is 30.3 Å². The molecule has 1 aliphatic heterocycles. The van der Waals surface area contributed by atoms with Crippen molar-refractivity contribution < 1.29 is 23.8 Å². The summed E-state index contributed by atoms with van der Waals surface area (Å²) in [5.74, 6) is -0.235. The predicted molar refractivity (Wildman–Crippen MR) is 124 cm³/mol. The molecule has 0 spiro atoms. The first-order chi connectivity index (χ1) is 16.0. The first-order valence-corrected chi connectivity index (χ1v) is 11.7. The molecule has 33 heavy (non-hydrogen) atoms. The van der Waals surface area contributed by atoms with E-state index in [9.17, 15) is 14.3 Å². The minimum Gasteiger partial charge on any atom is -0.459 e. The van der Waals surface area contributed by atoms with Crippen molar-refractivity contribution in [2.45, 2.75) is 70.0 Å². The Hall–Kier alpha value is -2.70. The monoisotopic (exact) mass is 453 g/mol. The van der Waals surface area contributed by atoms with Gasteiger partial charge in [-0.25, -0.2) is 4.39 Å². The number of ether oxygens (including phenoxy) is 2. The molecule has 1 heterocycles. The van der Waals surface area contributed by atoms with Crippen LogP contribution in [-0.4, -0.2) is 35.3 Å². The Bertz CT molecular complexity index is 951. The van der Waals surface area contributed by atoms with Gasteiger partial charge in [-0.1, -0.05) is 55.7 Å². The Morgan fingerprint density at radius 3 is 2.39 bits per heavy atom. The SMILES string of the molecule is CN(C(=O)C1=C[C@@H](c2ccc(F)cc2)C[C@@H](OCc2ccc(CO)cc2)O1)C1CCCCC1. The summed E-state index contributed by atoms with van der Waals surface area (Å²) in [6.45, 7) is 0.323. The normalized spacial score (nSPS) is 21.2. The largest absolute Gasteiger partial charge is 0.459 e. The molecule has 1 aliphatic carbocycles. The van der Waals surface area contributed by atoms with Crippen LogP contribution in [0.3, 0.4) is 0 Å². The quantitative estimate of drug-likeness (QED) is 0.638. The molecule has 4 rings (SSSR count). The van der Waals surface area contributed by atoms with Gasteiger partial charge >= 0.3 is 0 Å². The topological polar surface area (TPSA) is 59.0 Å². The summed E-state index contributed by atoms with van der Waals surface area (Å²) in [4.78, 5) is 15.1. The molecule has 0 radical (unpaired) electrons. The van der Waals surface area contributed by atoms with Crippen molar-refractivity contribution >= 4 is 5.91 Å². The Kier molecular flexibility index (Phi) is 7.78. The number of rotatable bonds is 7. The highest BCUT2D eigenvalue weighted by Gasteiger charge is 2.32. The number of hydrogen-bond donors (Lipinski definition) is 1. The summed E-state index contributed by atoms with van der Waals surface area (Å²) >= 11 is 0. The molecule has 2 aromatic rings. The number of benzene rings is 2. The minimum absolute atomic E-state index is 0.00297. The molecule has 1 amide bonds. The average Bonchev–Trinajstić information content (AvgIpc) is 2.87. The fraction of sp³-hybridized carbons (Fsp3) is 0.444. The van der Waals surface area contributed by atoms with E-state index in [4.69, 9.17) is 9.47 Å². The molecule has 0 unspecified atom stereocenters. The number of carbonyl (C=O) groups is 1. The van der Waals surface area contributed by atoms with Crippen molar-refractivity contribution in [3.63, 3.8) is 0 Å². The lowest BCUT2D eigenvalue weighted by Crippen LogP contribution is -2.41. The van der Waals surface area contributed by atoms with Crippen LogP contribution in [0.5, 0.6) is 0 Å². The maximum atomic E-state index is 13.5. The van der Waals surface area contributed by atoms with Gasteiger partial charge in [0.1, 0.15) is 5.82 Å². The van der Waals surface area contributed by atoms with Crippen LogP contribution in [0.2, 0.25) is 0 Å². The summed E-state index contributed by atoms with van der Waals surface area (Å²) in [6, 6.07) is 14.1. The molecule has 1 N–H and O–H groups in total. The van der Waals surface area contributed by atoms with E-state index in [2.05, 4.69) is 0 Å². The molecule has 2 aliphatic rings. The molecule has 2 aromatic carbocycles. The van der Waals surface area contributed by atoms with Crippen LogP contribution in [0.1, 0.15) is 61.1 Å². The minimum atomic E-state index is -0.596. The van der Waals surface area contributed by atoms with Crippen molar-refractivity contribution in [2.75, 3.05) is 7.05 Å². The molecule has 176 valence electrons. The molecule has 5 nitrogen and oxygen atoms in total. The molecule has 0 saturated heterocycles. The second kappa shape index (κ2) is 10.9. The highest BCUT2D eigenvalue weighted by molar-refractivity contribution is 5.91. The van der Waals surface area contributed by atoms with Gasteiger partial charge in [0.25, 0.3) is 5.91 Å². The van der Waals surface area contributed by atoms with Gasteiger partial charge in [0.05, 0.1) is 13.2 Å². The number of aliphatic hydroxyl groups excluding tert-OH is 1. The molecule has 6 heteroatoms. The summed E-state index contributed by atoms with van der Waals surface area (Å²) in [6.07, 6.45) is 7.32. The first-order valence-electron chi connectivity index (χ1n) is 11.7. The van der Waals surface area contributed by atoms with Crippen LogP contribution in [0.15, 0.2) is 60.4 Å². The van der Waals surface area contributed by atoms with Gasteiger partial charge in [-0.05, 0) is 47.7 Å². The third-order valence-electron chi connectivity index (χ3n) is 6.65. The highest BCUT2D eigenvalue weighted by Crippen LogP contribution is 2.33. The Balaban J connectivity index is 1.50. The number of allylic oxidation sites excluding steroid dienone is 1. The van der Waals surface area contributed by atoms with E-state index in [1.165, 1.54) is 18.6 Å². The van der Waals surface area contributed by atoms with E-state index in [1.807, 2.05) is 42.3 Å². The van der Waals surface area contributed by atoms with E-state index in [0.717, 1.165) is 42.4 Å². The maximum absolute atomic E-state index is 13.5. The zero-order valence-electron chi connectivity index (χ0n) is 19.1. The van der Waals surface area contributed by atoms with Crippen molar-refractivity contribution in [3.8, 4) is 0 Å². The van der Waals surface area contributed by atoms with Crippen molar-refractivity contribution in [1.82, 2.24) is 4.90 Å².